The lowest BCUT2D eigenvalue weighted by atomic mass is 9.77. The second-order valence-electron chi connectivity index (χ2n) is 8.00. The van der Waals surface area contributed by atoms with Gasteiger partial charge in [0.25, 0.3) is 0 Å². The molecule has 4 rings (SSSR count). The number of nitrogens with zero attached hydrogens (tertiary/aromatic N) is 1. The van der Waals surface area contributed by atoms with E-state index >= 15 is 0 Å². The Labute approximate surface area is 169 Å². The second-order valence-corrected chi connectivity index (χ2v) is 8.00. The smallest absolute Gasteiger partial charge is 0.314 e. The lowest BCUT2D eigenvalue weighted by molar-refractivity contribution is -0.151. The summed E-state index contributed by atoms with van der Waals surface area (Å²) < 4.78 is 16.4. The summed E-state index contributed by atoms with van der Waals surface area (Å²) in [5.74, 6) is -1.68. The Hall–Kier alpha value is -2.67. The van der Waals surface area contributed by atoms with E-state index in [1.165, 1.54) is 7.11 Å². The Morgan fingerprint density at radius 3 is 2.90 bits per heavy atom. The number of rotatable bonds is 6. The fourth-order valence-electron chi connectivity index (χ4n) is 4.43. The van der Waals surface area contributed by atoms with Crippen molar-refractivity contribution in [1.82, 2.24) is 4.90 Å². The van der Waals surface area contributed by atoms with Gasteiger partial charge in [-0.3, -0.25) is 14.4 Å². The lowest BCUT2D eigenvalue weighted by Crippen LogP contribution is -2.39. The van der Waals surface area contributed by atoms with E-state index < -0.39 is 29.5 Å². The highest BCUT2D eigenvalue weighted by atomic mass is 16.5. The first-order chi connectivity index (χ1) is 13.9. The van der Waals surface area contributed by atoms with Gasteiger partial charge in [0, 0.05) is 6.54 Å². The monoisotopic (exact) mass is 399 g/mol. The van der Waals surface area contributed by atoms with Crippen molar-refractivity contribution < 1.29 is 28.6 Å². The number of carbonyl (C=O) groups excluding carboxylic acids is 3. The van der Waals surface area contributed by atoms with Crippen LogP contribution < -0.4 is 4.74 Å². The molecule has 154 valence electrons. The van der Waals surface area contributed by atoms with Crippen LogP contribution in [0, 0.1) is 17.8 Å². The van der Waals surface area contributed by atoms with Gasteiger partial charge in [-0.05, 0) is 24.1 Å². The van der Waals surface area contributed by atoms with Crippen LogP contribution in [-0.4, -0.2) is 48.1 Å². The zero-order chi connectivity index (χ0) is 20.8. The average Bonchev–Trinajstić information content (AvgIpc) is 3.35. The van der Waals surface area contributed by atoms with Crippen LogP contribution in [0.25, 0.3) is 0 Å². The van der Waals surface area contributed by atoms with Crippen molar-refractivity contribution >= 4 is 17.8 Å². The molecule has 3 aliphatic heterocycles. The zero-order valence-corrected chi connectivity index (χ0v) is 16.8. The van der Waals surface area contributed by atoms with Crippen LogP contribution in [0.15, 0.2) is 36.4 Å². The highest BCUT2D eigenvalue weighted by molar-refractivity contribution is 5.91. The minimum atomic E-state index is -0.763. The number of likely N-dealkylation sites (tertiary alicyclic amines) is 1. The van der Waals surface area contributed by atoms with E-state index in [2.05, 4.69) is 0 Å². The van der Waals surface area contributed by atoms with Gasteiger partial charge < -0.3 is 19.1 Å². The molecule has 0 radical (unpaired) electrons. The molecule has 1 aromatic carbocycles. The first-order valence-electron chi connectivity index (χ1n) is 9.93. The number of fused-ring (bicyclic) bond motifs is 1. The van der Waals surface area contributed by atoms with Crippen molar-refractivity contribution in [3.8, 4) is 5.75 Å². The SMILES string of the molecule is CC[C@H](C)C(=O)Oc1cccc(CN2C[C@@]34C=C[C@@H](O3)[C@H](C(=O)OC)[C@@H]4C2=O)c1. The zero-order valence-electron chi connectivity index (χ0n) is 16.8. The summed E-state index contributed by atoms with van der Waals surface area (Å²) in [5, 5.41) is 0. The van der Waals surface area contributed by atoms with Crippen LogP contribution in [0.3, 0.4) is 0 Å². The maximum atomic E-state index is 13.1. The normalized spacial score (nSPS) is 30.4. The van der Waals surface area contributed by atoms with Crippen molar-refractivity contribution in [2.45, 2.75) is 38.5 Å². The number of ether oxygens (including phenoxy) is 3. The number of carbonyl (C=O) groups is 3. The molecule has 3 aliphatic rings. The summed E-state index contributed by atoms with van der Waals surface area (Å²) in [5.41, 5.74) is 0.0821. The molecule has 2 bridgehead atoms. The molecular weight excluding hydrogens is 374 g/mol. The fraction of sp³-hybridized carbons (Fsp3) is 0.500. The fourth-order valence-corrected chi connectivity index (χ4v) is 4.43. The maximum Gasteiger partial charge on any atom is 0.314 e. The van der Waals surface area contributed by atoms with Gasteiger partial charge >= 0.3 is 11.9 Å². The van der Waals surface area contributed by atoms with E-state index in [1.807, 2.05) is 32.1 Å². The number of benzene rings is 1. The molecule has 0 saturated carbocycles. The van der Waals surface area contributed by atoms with Crippen molar-refractivity contribution in [3.05, 3.63) is 42.0 Å². The molecular formula is C22H25NO6. The molecule has 29 heavy (non-hydrogen) atoms. The quantitative estimate of drug-likeness (QED) is 0.414. The summed E-state index contributed by atoms with van der Waals surface area (Å²) in [7, 11) is 1.33. The average molecular weight is 399 g/mol. The highest BCUT2D eigenvalue weighted by Gasteiger charge is 2.67. The first kappa shape index (κ1) is 19.6. The Morgan fingerprint density at radius 2 is 2.17 bits per heavy atom. The predicted molar refractivity (Wildman–Crippen MR) is 103 cm³/mol. The van der Waals surface area contributed by atoms with Gasteiger partial charge in [-0.1, -0.05) is 38.1 Å². The van der Waals surface area contributed by atoms with Gasteiger partial charge in [-0.15, -0.1) is 0 Å². The van der Waals surface area contributed by atoms with E-state index in [0.717, 1.165) is 5.56 Å². The summed E-state index contributed by atoms with van der Waals surface area (Å²) >= 11 is 0. The van der Waals surface area contributed by atoms with Crippen LogP contribution in [0.5, 0.6) is 5.75 Å². The van der Waals surface area contributed by atoms with Crippen molar-refractivity contribution in [3.63, 3.8) is 0 Å². The van der Waals surface area contributed by atoms with Crippen LogP contribution in [-0.2, 0) is 30.4 Å². The number of esters is 2. The summed E-state index contributed by atoms with van der Waals surface area (Å²) in [6, 6.07) is 7.17. The molecule has 0 aliphatic carbocycles. The predicted octanol–water partition coefficient (Wildman–Crippen LogP) is 2.09. The van der Waals surface area contributed by atoms with Gasteiger partial charge in [0.15, 0.2) is 0 Å². The molecule has 0 N–H and O–H groups in total. The molecule has 0 aromatic heterocycles. The van der Waals surface area contributed by atoms with Crippen molar-refractivity contribution in [1.29, 1.82) is 0 Å². The van der Waals surface area contributed by atoms with Crippen LogP contribution in [0.4, 0.5) is 0 Å². The largest absolute Gasteiger partial charge is 0.469 e. The van der Waals surface area contributed by atoms with Crippen LogP contribution in [0.1, 0.15) is 25.8 Å². The standard InChI is InChI=1S/C22H25NO6/c1-4-13(2)20(25)28-15-7-5-6-14(10-15)11-23-12-22-9-8-16(29-22)17(21(26)27-3)18(22)19(23)24/h5-10,13,16-18H,4,11-12H2,1-3H3/t13-,16+,17-,18+,22+/m0/s1. The maximum absolute atomic E-state index is 13.1. The van der Waals surface area contributed by atoms with E-state index in [4.69, 9.17) is 14.2 Å². The molecule has 1 amide bonds. The third-order valence-electron chi connectivity index (χ3n) is 6.16. The Morgan fingerprint density at radius 1 is 1.38 bits per heavy atom. The number of amides is 1. The van der Waals surface area contributed by atoms with E-state index in [-0.39, 0.29) is 17.8 Å². The molecule has 3 heterocycles. The molecule has 2 saturated heterocycles. The third-order valence-corrected chi connectivity index (χ3v) is 6.16. The lowest BCUT2D eigenvalue weighted by Gasteiger charge is -2.22. The molecule has 0 unspecified atom stereocenters. The molecule has 7 nitrogen and oxygen atoms in total. The number of methoxy groups -OCH3 is 1. The molecule has 7 heteroatoms. The third kappa shape index (κ3) is 3.23. The van der Waals surface area contributed by atoms with Gasteiger partial charge in [-0.25, -0.2) is 0 Å². The highest BCUT2D eigenvalue weighted by Crippen LogP contribution is 2.52. The minimum absolute atomic E-state index is 0.116. The van der Waals surface area contributed by atoms with E-state index in [0.29, 0.717) is 25.3 Å². The summed E-state index contributed by atoms with van der Waals surface area (Å²) in [4.78, 5) is 39.1. The summed E-state index contributed by atoms with van der Waals surface area (Å²) in [6.07, 6.45) is 4.07. The molecule has 1 spiro atoms. The Kier molecular flexibility index (Phi) is 4.94. The molecule has 5 atom stereocenters. The van der Waals surface area contributed by atoms with Gasteiger partial charge in [0.2, 0.25) is 5.91 Å². The Bertz CT molecular complexity index is 880. The van der Waals surface area contributed by atoms with Crippen LogP contribution >= 0.6 is 0 Å². The van der Waals surface area contributed by atoms with Gasteiger partial charge in [-0.2, -0.15) is 0 Å². The number of hydrogen-bond acceptors (Lipinski definition) is 6. The minimum Gasteiger partial charge on any atom is -0.469 e. The first-order valence-corrected chi connectivity index (χ1v) is 9.93. The van der Waals surface area contributed by atoms with E-state index in [1.54, 1.807) is 23.1 Å². The summed E-state index contributed by atoms with van der Waals surface area (Å²) in [6.45, 7) is 4.49. The molecule has 2 fully saturated rings. The van der Waals surface area contributed by atoms with Crippen molar-refractivity contribution in [2.24, 2.45) is 17.8 Å². The Balaban J connectivity index is 1.50. The van der Waals surface area contributed by atoms with Crippen LogP contribution in [0.2, 0.25) is 0 Å². The van der Waals surface area contributed by atoms with Gasteiger partial charge in [0.05, 0.1) is 31.6 Å². The number of hydrogen-bond donors (Lipinski definition) is 0. The van der Waals surface area contributed by atoms with Gasteiger partial charge in [0.1, 0.15) is 17.3 Å². The van der Waals surface area contributed by atoms with E-state index in [9.17, 15) is 14.4 Å². The van der Waals surface area contributed by atoms with Crippen molar-refractivity contribution in [2.75, 3.05) is 13.7 Å². The topological polar surface area (TPSA) is 82.1 Å². The molecule has 1 aromatic rings. The second kappa shape index (κ2) is 7.30.